The maximum absolute atomic E-state index is 5.39. The fraction of sp³-hybridized carbons (Fsp3) is 0.294. The minimum Gasteiger partial charge on any atom is -0.338 e. The zero-order chi connectivity index (χ0) is 15.5. The minimum atomic E-state index is 0.328. The molecular weight excluding hydrogens is 294 g/mol. The van der Waals surface area contributed by atoms with Gasteiger partial charge in [0.15, 0.2) is 0 Å². The Bertz CT molecular complexity index is 719. The highest BCUT2D eigenvalue weighted by molar-refractivity contribution is 7.10. The standard InChI is InChI=1S/C17H19N3OS/c1-12-6-8-14(9-7-12)17-18-16(21-19-17)11-20(3)13(2)15-5-4-10-22-15/h4-10,13H,11H2,1-3H3/t13-/m0/s1. The van der Waals surface area contributed by atoms with Gasteiger partial charge in [-0.25, -0.2) is 0 Å². The van der Waals surface area contributed by atoms with Crippen molar-refractivity contribution in [1.29, 1.82) is 0 Å². The molecule has 0 unspecified atom stereocenters. The van der Waals surface area contributed by atoms with Crippen LogP contribution in [0, 0.1) is 6.92 Å². The average Bonchev–Trinajstić information content (AvgIpc) is 3.18. The van der Waals surface area contributed by atoms with Gasteiger partial charge in [-0.3, -0.25) is 4.90 Å². The van der Waals surface area contributed by atoms with E-state index in [1.807, 2.05) is 12.1 Å². The highest BCUT2D eigenvalue weighted by Crippen LogP contribution is 2.25. The molecular formula is C17H19N3OS. The summed E-state index contributed by atoms with van der Waals surface area (Å²) in [6.45, 7) is 4.88. The van der Waals surface area contributed by atoms with E-state index >= 15 is 0 Å². The molecule has 0 N–H and O–H groups in total. The lowest BCUT2D eigenvalue weighted by Crippen LogP contribution is -2.21. The van der Waals surface area contributed by atoms with Crippen molar-refractivity contribution in [2.24, 2.45) is 0 Å². The van der Waals surface area contributed by atoms with Crippen molar-refractivity contribution in [1.82, 2.24) is 15.0 Å². The quantitative estimate of drug-likeness (QED) is 0.704. The molecule has 2 aromatic heterocycles. The van der Waals surface area contributed by atoms with Crippen molar-refractivity contribution in [3.8, 4) is 11.4 Å². The van der Waals surface area contributed by atoms with E-state index in [4.69, 9.17) is 4.52 Å². The molecule has 22 heavy (non-hydrogen) atoms. The Morgan fingerprint density at radius 3 is 2.68 bits per heavy atom. The third-order valence-corrected chi connectivity index (χ3v) is 4.82. The van der Waals surface area contributed by atoms with Crippen LogP contribution in [0.3, 0.4) is 0 Å². The predicted molar refractivity (Wildman–Crippen MR) is 88.7 cm³/mol. The Kier molecular flexibility index (Phi) is 4.36. The van der Waals surface area contributed by atoms with Crippen LogP contribution in [0.25, 0.3) is 11.4 Å². The first-order chi connectivity index (χ1) is 10.6. The Labute approximate surface area is 134 Å². The highest BCUT2D eigenvalue weighted by Gasteiger charge is 2.16. The number of hydrogen-bond donors (Lipinski definition) is 0. The minimum absolute atomic E-state index is 0.328. The van der Waals surface area contributed by atoms with E-state index in [1.165, 1.54) is 10.4 Å². The fourth-order valence-corrected chi connectivity index (χ4v) is 3.08. The van der Waals surface area contributed by atoms with Crippen molar-refractivity contribution in [2.75, 3.05) is 7.05 Å². The maximum Gasteiger partial charge on any atom is 0.241 e. The molecule has 0 fully saturated rings. The lowest BCUT2D eigenvalue weighted by atomic mass is 10.1. The summed E-state index contributed by atoms with van der Waals surface area (Å²) in [5, 5.41) is 6.18. The molecule has 0 saturated carbocycles. The van der Waals surface area contributed by atoms with E-state index < -0.39 is 0 Å². The third-order valence-electron chi connectivity index (χ3n) is 3.78. The Morgan fingerprint density at radius 2 is 2.00 bits per heavy atom. The van der Waals surface area contributed by atoms with E-state index in [0.29, 0.717) is 24.3 Å². The molecule has 1 aromatic carbocycles. The Hall–Kier alpha value is -1.98. The molecule has 2 heterocycles. The summed E-state index contributed by atoms with van der Waals surface area (Å²) in [6, 6.07) is 12.7. The first-order valence-corrected chi connectivity index (χ1v) is 8.14. The molecule has 0 spiro atoms. The zero-order valence-corrected chi connectivity index (χ0v) is 13.8. The predicted octanol–water partition coefficient (Wildman–Crippen LogP) is 4.30. The first-order valence-electron chi connectivity index (χ1n) is 7.27. The number of thiophene rings is 1. The topological polar surface area (TPSA) is 42.2 Å². The smallest absolute Gasteiger partial charge is 0.241 e. The van der Waals surface area contributed by atoms with Crippen molar-refractivity contribution < 1.29 is 4.52 Å². The van der Waals surface area contributed by atoms with Gasteiger partial charge in [0.1, 0.15) is 0 Å². The van der Waals surface area contributed by atoms with Crippen LogP contribution < -0.4 is 0 Å². The molecule has 0 saturated heterocycles. The van der Waals surface area contributed by atoms with Crippen molar-refractivity contribution in [2.45, 2.75) is 26.4 Å². The van der Waals surface area contributed by atoms with Crippen LogP contribution >= 0.6 is 11.3 Å². The SMILES string of the molecule is Cc1ccc(-c2noc(CN(C)[C@@H](C)c3cccs3)n2)cc1. The second-order valence-electron chi connectivity index (χ2n) is 5.48. The van der Waals surface area contributed by atoms with Gasteiger partial charge in [-0.1, -0.05) is 41.1 Å². The van der Waals surface area contributed by atoms with E-state index in [2.05, 4.69) is 65.6 Å². The third kappa shape index (κ3) is 3.26. The lowest BCUT2D eigenvalue weighted by molar-refractivity contribution is 0.219. The molecule has 1 atom stereocenters. The number of aryl methyl sites for hydroxylation is 1. The first kappa shape index (κ1) is 14.9. The number of benzene rings is 1. The molecule has 0 aliphatic carbocycles. The molecule has 0 aliphatic rings. The lowest BCUT2D eigenvalue weighted by Gasteiger charge is -2.21. The van der Waals surface area contributed by atoms with Gasteiger partial charge in [0.05, 0.1) is 6.54 Å². The van der Waals surface area contributed by atoms with Crippen molar-refractivity contribution in [3.05, 3.63) is 58.1 Å². The second-order valence-corrected chi connectivity index (χ2v) is 6.46. The number of aromatic nitrogens is 2. The normalized spacial score (nSPS) is 12.7. The van der Waals surface area contributed by atoms with Gasteiger partial charge in [-0.15, -0.1) is 11.3 Å². The summed E-state index contributed by atoms with van der Waals surface area (Å²) in [5.41, 5.74) is 2.20. The molecule has 3 rings (SSSR count). The number of nitrogens with zero attached hydrogens (tertiary/aromatic N) is 3. The van der Waals surface area contributed by atoms with Crippen LogP contribution in [0.4, 0.5) is 0 Å². The van der Waals surface area contributed by atoms with Crippen molar-refractivity contribution in [3.63, 3.8) is 0 Å². The second kappa shape index (κ2) is 6.42. The van der Waals surface area contributed by atoms with Gasteiger partial charge in [-0.05, 0) is 32.3 Å². The van der Waals surface area contributed by atoms with Crippen LogP contribution in [-0.4, -0.2) is 22.1 Å². The molecule has 5 heteroatoms. The molecule has 0 aliphatic heterocycles. The molecule has 114 valence electrons. The van der Waals surface area contributed by atoms with Gasteiger partial charge < -0.3 is 4.52 Å². The van der Waals surface area contributed by atoms with E-state index in [0.717, 1.165) is 5.56 Å². The summed E-state index contributed by atoms with van der Waals surface area (Å²) >= 11 is 1.77. The van der Waals surface area contributed by atoms with Crippen molar-refractivity contribution >= 4 is 11.3 Å². The van der Waals surface area contributed by atoms with Gasteiger partial charge in [0, 0.05) is 16.5 Å². The van der Waals surface area contributed by atoms with Gasteiger partial charge in [0.25, 0.3) is 0 Å². The molecule has 4 nitrogen and oxygen atoms in total. The molecule has 0 bridgehead atoms. The molecule has 3 aromatic rings. The van der Waals surface area contributed by atoms with E-state index in [-0.39, 0.29) is 0 Å². The highest BCUT2D eigenvalue weighted by atomic mass is 32.1. The summed E-state index contributed by atoms with van der Waals surface area (Å²) < 4.78 is 5.39. The summed E-state index contributed by atoms with van der Waals surface area (Å²) in [7, 11) is 2.07. The van der Waals surface area contributed by atoms with E-state index in [9.17, 15) is 0 Å². The van der Waals surface area contributed by atoms with E-state index in [1.54, 1.807) is 11.3 Å². The maximum atomic E-state index is 5.39. The summed E-state index contributed by atoms with van der Waals surface area (Å²) in [4.78, 5) is 8.04. The number of hydrogen-bond acceptors (Lipinski definition) is 5. The molecule has 0 amide bonds. The van der Waals surface area contributed by atoms with Crippen LogP contribution in [-0.2, 0) is 6.54 Å². The molecule has 0 radical (unpaired) electrons. The van der Waals surface area contributed by atoms with Crippen LogP contribution in [0.1, 0.15) is 29.3 Å². The monoisotopic (exact) mass is 313 g/mol. The Balaban J connectivity index is 1.70. The summed E-state index contributed by atoms with van der Waals surface area (Å²) in [6.07, 6.45) is 0. The van der Waals surface area contributed by atoms with Gasteiger partial charge in [-0.2, -0.15) is 4.98 Å². The average molecular weight is 313 g/mol. The van der Waals surface area contributed by atoms with Crippen LogP contribution in [0.2, 0.25) is 0 Å². The Morgan fingerprint density at radius 1 is 1.23 bits per heavy atom. The fourth-order valence-electron chi connectivity index (χ4n) is 2.24. The van der Waals surface area contributed by atoms with Crippen LogP contribution in [0.5, 0.6) is 0 Å². The summed E-state index contributed by atoms with van der Waals surface area (Å²) in [5.74, 6) is 1.29. The van der Waals surface area contributed by atoms with Gasteiger partial charge >= 0.3 is 0 Å². The van der Waals surface area contributed by atoms with Crippen LogP contribution in [0.15, 0.2) is 46.3 Å². The van der Waals surface area contributed by atoms with Gasteiger partial charge in [0.2, 0.25) is 11.7 Å². The number of rotatable bonds is 5. The zero-order valence-electron chi connectivity index (χ0n) is 13.0. The largest absolute Gasteiger partial charge is 0.338 e.